The van der Waals surface area contributed by atoms with Gasteiger partial charge in [-0.3, -0.25) is 0 Å². The van der Waals surface area contributed by atoms with Gasteiger partial charge in [0, 0.05) is 0 Å². The maximum atomic E-state index is 12.4. The molecule has 0 aliphatic heterocycles. The van der Waals surface area contributed by atoms with Crippen molar-refractivity contribution in [3.63, 3.8) is 0 Å². The van der Waals surface area contributed by atoms with Gasteiger partial charge in [-0.05, 0) is 41.4 Å². The Morgan fingerprint density at radius 2 is 2.11 bits per heavy atom. The van der Waals surface area contributed by atoms with Gasteiger partial charge in [0.2, 0.25) is 0 Å². The summed E-state index contributed by atoms with van der Waals surface area (Å²) in [5.41, 5.74) is 2.25. The Kier molecular flexibility index (Phi) is 3.60. The first kappa shape index (κ1) is 13.3. The summed E-state index contributed by atoms with van der Waals surface area (Å²) in [6, 6.07) is 5.53. The van der Waals surface area contributed by atoms with Crippen LogP contribution in [0.15, 0.2) is 18.2 Å². The molecule has 0 saturated heterocycles. The van der Waals surface area contributed by atoms with Crippen LogP contribution in [-0.2, 0) is 11.8 Å². The van der Waals surface area contributed by atoms with Crippen LogP contribution in [0.25, 0.3) is 0 Å². The Morgan fingerprint density at radius 3 is 2.72 bits per heavy atom. The molecule has 1 aromatic rings. The van der Waals surface area contributed by atoms with E-state index in [9.17, 15) is 8.78 Å². The third kappa shape index (κ3) is 2.11. The largest absolute Gasteiger partial charge is 0.435 e. The zero-order valence-corrected chi connectivity index (χ0v) is 11.2. The molecule has 0 saturated carbocycles. The fourth-order valence-electron chi connectivity index (χ4n) is 3.05. The molecule has 0 fully saturated rings. The van der Waals surface area contributed by atoms with Crippen LogP contribution in [0.5, 0.6) is 5.75 Å². The molecule has 2 unspecified atom stereocenters. The average Bonchev–Trinajstić information content (AvgIpc) is 2.68. The van der Waals surface area contributed by atoms with E-state index < -0.39 is 6.61 Å². The second-order valence-electron chi connectivity index (χ2n) is 5.39. The molecule has 2 rings (SSSR count). The molecule has 0 radical (unpaired) electrons. The summed E-state index contributed by atoms with van der Waals surface area (Å²) in [4.78, 5) is 0. The van der Waals surface area contributed by atoms with E-state index in [1.165, 1.54) is 5.56 Å². The predicted molar refractivity (Wildman–Crippen MR) is 68.2 cm³/mol. The van der Waals surface area contributed by atoms with Crippen molar-refractivity contribution in [2.45, 2.75) is 52.1 Å². The normalized spacial score (nSPS) is 24.1. The third-order valence-electron chi connectivity index (χ3n) is 4.56. The molecule has 0 N–H and O–H groups in total. The standard InChI is InChI=1S/C15H20F2O/c1-4-10(2)15(3)9-8-11-12(15)6-5-7-13(11)18-14(16)17/h5-7,10,14H,4,8-9H2,1-3H3. The highest BCUT2D eigenvalue weighted by Gasteiger charge is 2.39. The van der Waals surface area contributed by atoms with Crippen LogP contribution < -0.4 is 4.74 Å². The van der Waals surface area contributed by atoms with Crippen molar-refractivity contribution in [3.05, 3.63) is 29.3 Å². The first-order valence-electron chi connectivity index (χ1n) is 6.56. The number of halogens is 2. The molecule has 18 heavy (non-hydrogen) atoms. The van der Waals surface area contributed by atoms with Crippen molar-refractivity contribution < 1.29 is 13.5 Å². The van der Waals surface area contributed by atoms with Gasteiger partial charge in [0.1, 0.15) is 5.75 Å². The monoisotopic (exact) mass is 254 g/mol. The molecular weight excluding hydrogens is 234 g/mol. The van der Waals surface area contributed by atoms with E-state index in [0.717, 1.165) is 24.8 Å². The van der Waals surface area contributed by atoms with E-state index >= 15 is 0 Å². The van der Waals surface area contributed by atoms with Crippen LogP contribution in [0.4, 0.5) is 8.78 Å². The molecule has 0 heterocycles. The van der Waals surface area contributed by atoms with Crippen LogP contribution in [0.2, 0.25) is 0 Å². The van der Waals surface area contributed by atoms with E-state index in [4.69, 9.17) is 0 Å². The summed E-state index contributed by atoms with van der Waals surface area (Å²) in [5, 5.41) is 0. The highest BCUT2D eigenvalue weighted by atomic mass is 19.3. The van der Waals surface area contributed by atoms with Gasteiger partial charge in [-0.1, -0.05) is 39.3 Å². The van der Waals surface area contributed by atoms with E-state index in [-0.39, 0.29) is 5.41 Å². The lowest BCUT2D eigenvalue weighted by molar-refractivity contribution is -0.0504. The second kappa shape index (κ2) is 4.87. The number of fused-ring (bicyclic) bond motifs is 1. The minimum absolute atomic E-state index is 0.0889. The van der Waals surface area contributed by atoms with Gasteiger partial charge in [-0.25, -0.2) is 0 Å². The van der Waals surface area contributed by atoms with Crippen molar-refractivity contribution in [2.24, 2.45) is 5.92 Å². The van der Waals surface area contributed by atoms with Gasteiger partial charge in [-0.2, -0.15) is 8.78 Å². The maximum absolute atomic E-state index is 12.4. The quantitative estimate of drug-likeness (QED) is 0.766. The van der Waals surface area contributed by atoms with Crippen LogP contribution in [0, 0.1) is 5.92 Å². The molecule has 3 heteroatoms. The van der Waals surface area contributed by atoms with E-state index in [1.807, 2.05) is 6.07 Å². The smallest absolute Gasteiger partial charge is 0.387 e. The third-order valence-corrected chi connectivity index (χ3v) is 4.56. The summed E-state index contributed by atoms with van der Waals surface area (Å²) < 4.78 is 29.4. The molecule has 100 valence electrons. The number of hydrogen-bond donors (Lipinski definition) is 0. The van der Waals surface area contributed by atoms with Crippen molar-refractivity contribution in [1.82, 2.24) is 0 Å². The topological polar surface area (TPSA) is 9.23 Å². The van der Waals surface area contributed by atoms with E-state index in [2.05, 4.69) is 31.6 Å². The maximum Gasteiger partial charge on any atom is 0.387 e. The van der Waals surface area contributed by atoms with E-state index in [0.29, 0.717) is 11.7 Å². The number of benzene rings is 1. The second-order valence-corrected chi connectivity index (χ2v) is 5.39. The van der Waals surface area contributed by atoms with Crippen molar-refractivity contribution in [2.75, 3.05) is 0 Å². The molecule has 2 atom stereocenters. The van der Waals surface area contributed by atoms with Gasteiger partial charge in [0.15, 0.2) is 0 Å². The Morgan fingerprint density at radius 1 is 1.39 bits per heavy atom. The van der Waals surface area contributed by atoms with Crippen molar-refractivity contribution in [1.29, 1.82) is 0 Å². The summed E-state index contributed by atoms with van der Waals surface area (Å²) in [6.07, 6.45) is 2.94. The molecule has 1 aromatic carbocycles. The Hall–Kier alpha value is -1.12. The molecule has 1 nitrogen and oxygen atoms in total. The first-order chi connectivity index (χ1) is 8.49. The summed E-state index contributed by atoms with van der Waals surface area (Å²) >= 11 is 0. The molecule has 1 aliphatic carbocycles. The number of hydrogen-bond acceptors (Lipinski definition) is 1. The number of rotatable bonds is 4. The van der Waals surface area contributed by atoms with Gasteiger partial charge in [0.05, 0.1) is 0 Å². The lowest BCUT2D eigenvalue weighted by Crippen LogP contribution is -2.27. The number of ether oxygens (including phenoxy) is 1. The Balaban J connectivity index is 2.40. The van der Waals surface area contributed by atoms with Gasteiger partial charge in [0.25, 0.3) is 0 Å². The molecule has 0 aromatic heterocycles. The fourth-order valence-corrected chi connectivity index (χ4v) is 3.05. The Labute approximate surface area is 107 Å². The minimum Gasteiger partial charge on any atom is -0.435 e. The highest BCUT2D eigenvalue weighted by molar-refractivity contribution is 5.48. The molecular formula is C15H20F2O. The van der Waals surface area contributed by atoms with Crippen LogP contribution in [0.1, 0.15) is 44.7 Å². The lowest BCUT2D eigenvalue weighted by Gasteiger charge is -2.32. The first-order valence-corrected chi connectivity index (χ1v) is 6.56. The van der Waals surface area contributed by atoms with Gasteiger partial charge < -0.3 is 4.74 Å². The number of alkyl halides is 2. The van der Waals surface area contributed by atoms with Gasteiger partial charge >= 0.3 is 6.61 Å². The highest BCUT2D eigenvalue weighted by Crippen LogP contribution is 2.47. The van der Waals surface area contributed by atoms with Crippen LogP contribution in [0.3, 0.4) is 0 Å². The summed E-state index contributed by atoms with van der Waals surface area (Å²) in [7, 11) is 0. The molecule has 0 spiro atoms. The zero-order valence-electron chi connectivity index (χ0n) is 11.2. The van der Waals surface area contributed by atoms with Crippen LogP contribution in [-0.4, -0.2) is 6.61 Å². The average molecular weight is 254 g/mol. The lowest BCUT2D eigenvalue weighted by atomic mass is 9.72. The predicted octanol–water partition coefficient (Wildman–Crippen LogP) is 4.54. The van der Waals surface area contributed by atoms with Gasteiger partial charge in [-0.15, -0.1) is 0 Å². The zero-order chi connectivity index (χ0) is 13.3. The molecule has 0 amide bonds. The van der Waals surface area contributed by atoms with Crippen LogP contribution >= 0.6 is 0 Å². The summed E-state index contributed by atoms with van der Waals surface area (Å²) in [5.74, 6) is 0.898. The Bertz CT molecular complexity index is 431. The van der Waals surface area contributed by atoms with Crippen molar-refractivity contribution in [3.8, 4) is 5.75 Å². The molecule has 1 aliphatic rings. The minimum atomic E-state index is -2.74. The van der Waals surface area contributed by atoms with E-state index in [1.54, 1.807) is 6.07 Å². The molecule has 0 bridgehead atoms. The SMILES string of the molecule is CCC(C)C1(C)CCc2c(OC(F)F)cccc21. The fraction of sp³-hybridized carbons (Fsp3) is 0.600. The van der Waals surface area contributed by atoms with Crippen molar-refractivity contribution >= 4 is 0 Å². The summed E-state index contributed by atoms with van der Waals surface area (Å²) in [6.45, 7) is 3.90.